The van der Waals surface area contributed by atoms with Crippen LogP contribution in [-0.2, 0) is 22.6 Å². The van der Waals surface area contributed by atoms with Gasteiger partial charge in [0, 0.05) is 36.8 Å². The summed E-state index contributed by atoms with van der Waals surface area (Å²) in [6, 6.07) is 5.74. The Labute approximate surface area is 129 Å². The molecule has 0 aliphatic carbocycles. The largest absolute Gasteiger partial charge is 0.383 e. The molecule has 0 aliphatic heterocycles. The number of carbonyl (C=O) groups excluding carboxylic acids is 1. The molecule has 0 bridgehead atoms. The van der Waals surface area contributed by atoms with Crippen molar-refractivity contribution in [2.75, 3.05) is 27.3 Å². The molecule has 0 aliphatic rings. The molecule has 0 saturated carbocycles. The third kappa shape index (κ3) is 3.97. The summed E-state index contributed by atoms with van der Waals surface area (Å²) < 4.78 is 6.84. The molecule has 1 amide bonds. The summed E-state index contributed by atoms with van der Waals surface area (Å²) in [6.07, 6.45) is 1.99. The topological polar surface area (TPSA) is 55.3 Å². The number of fused-ring (bicyclic) bond motifs is 1. The molecule has 2 N–H and O–H groups in total. The van der Waals surface area contributed by atoms with Crippen LogP contribution in [-0.4, -0.2) is 37.8 Å². The minimum absolute atomic E-state index is 0.0417. The molecule has 1 aromatic heterocycles. The molecule has 1 heterocycles. The van der Waals surface area contributed by atoms with Crippen molar-refractivity contribution < 1.29 is 9.53 Å². The lowest BCUT2D eigenvalue weighted by molar-refractivity contribution is -0.121. The van der Waals surface area contributed by atoms with Gasteiger partial charge < -0.3 is 19.9 Å². The zero-order chi connectivity index (χ0) is 15.2. The van der Waals surface area contributed by atoms with Crippen LogP contribution in [0.25, 0.3) is 10.9 Å². The highest BCUT2D eigenvalue weighted by Crippen LogP contribution is 2.24. The number of rotatable bonds is 7. The average Bonchev–Trinajstić information content (AvgIpc) is 2.77. The molecule has 21 heavy (non-hydrogen) atoms. The highest BCUT2D eigenvalue weighted by atomic mass is 35.5. The molecule has 114 valence electrons. The van der Waals surface area contributed by atoms with E-state index in [0.29, 0.717) is 18.2 Å². The zero-order valence-electron chi connectivity index (χ0n) is 12.3. The van der Waals surface area contributed by atoms with Crippen molar-refractivity contribution in [1.82, 2.24) is 15.2 Å². The van der Waals surface area contributed by atoms with Crippen molar-refractivity contribution in [3.63, 3.8) is 0 Å². The smallest absolute Gasteiger partial charge is 0.240 e. The van der Waals surface area contributed by atoms with Crippen LogP contribution in [0.15, 0.2) is 24.4 Å². The van der Waals surface area contributed by atoms with Crippen LogP contribution in [0, 0.1) is 0 Å². The van der Waals surface area contributed by atoms with Gasteiger partial charge in [-0.1, -0.05) is 17.7 Å². The summed E-state index contributed by atoms with van der Waals surface area (Å²) in [5.74, 6) is -0.0417. The van der Waals surface area contributed by atoms with Gasteiger partial charge in [0.25, 0.3) is 0 Å². The number of nitrogens with one attached hydrogen (secondary N) is 2. The van der Waals surface area contributed by atoms with E-state index in [1.165, 1.54) is 0 Å². The maximum Gasteiger partial charge on any atom is 0.240 e. The van der Waals surface area contributed by atoms with Crippen LogP contribution in [0.1, 0.15) is 5.56 Å². The molecule has 1 aromatic carbocycles. The van der Waals surface area contributed by atoms with Crippen LogP contribution < -0.4 is 10.6 Å². The minimum Gasteiger partial charge on any atom is -0.383 e. The Bertz CT molecular complexity index is 625. The van der Waals surface area contributed by atoms with Gasteiger partial charge in [-0.2, -0.15) is 0 Å². The number of carbonyl (C=O) groups is 1. The number of methoxy groups -OCH3 is 1. The molecule has 0 atom stereocenters. The van der Waals surface area contributed by atoms with E-state index in [1.807, 2.05) is 36.0 Å². The molecule has 0 spiro atoms. The van der Waals surface area contributed by atoms with E-state index >= 15 is 0 Å². The van der Waals surface area contributed by atoms with E-state index in [0.717, 1.165) is 23.0 Å². The van der Waals surface area contributed by atoms with Crippen LogP contribution in [0.2, 0.25) is 5.02 Å². The number of amides is 1. The lowest BCUT2D eigenvalue weighted by atomic mass is 10.2. The quantitative estimate of drug-likeness (QED) is 0.767. The SMILES string of the molecule is CNCc1cn(CC(=O)NCCOC)c2cc(Cl)ccc12. The van der Waals surface area contributed by atoms with E-state index in [1.54, 1.807) is 7.11 Å². The molecule has 0 fully saturated rings. The number of ether oxygens (including phenoxy) is 1. The van der Waals surface area contributed by atoms with Crippen LogP contribution in [0.5, 0.6) is 0 Å². The Balaban J connectivity index is 2.22. The van der Waals surface area contributed by atoms with Gasteiger partial charge in [0.05, 0.1) is 12.1 Å². The molecule has 6 heteroatoms. The molecule has 2 aromatic rings. The fourth-order valence-electron chi connectivity index (χ4n) is 2.31. The van der Waals surface area contributed by atoms with Gasteiger partial charge in [0.1, 0.15) is 6.54 Å². The molecule has 0 saturated heterocycles. The Morgan fingerprint density at radius 1 is 1.43 bits per heavy atom. The molecular formula is C15H20ClN3O2. The second-order valence-corrected chi connectivity index (χ2v) is 5.25. The van der Waals surface area contributed by atoms with Crippen LogP contribution >= 0.6 is 11.6 Å². The van der Waals surface area contributed by atoms with Crippen molar-refractivity contribution in [2.24, 2.45) is 0 Å². The summed E-state index contributed by atoms with van der Waals surface area (Å²) in [4.78, 5) is 11.9. The molecule has 2 rings (SSSR count). The Morgan fingerprint density at radius 3 is 2.95 bits per heavy atom. The normalized spacial score (nSPS) is 11.0. The Morgan fingerprint density at radius 2 is 2.24 bits per heavy atom. The fourth-order valence-corrected chi connectivity index (χ4v) is 2.47. The van der Waals surface area contributed by atoms with E-state index in [-0.39, 0.29) is 12.5 Å². The first kappa shape index (κ1) is 15.8. The van der Waals surface area contributed by atoms with Crippen molar-refractivity contribution in [2.45, 2.75) is 13.1 Å². The summed E-state index contributed by atoms with van der Waals surface area (Å²) >= 11 is 6.07. The van der Waals surface area contributed by atoms with Crippen LogP contribution in [0.4, 0.5) is 0 Å². The third-order valence-corrected chi connectivity index (χ3v) is 3.47. The first-order valence-corrected chi connectivity index (χ1v) is 7.21. The Kier molecular flexibility index (Phi) is 5.61. The monoisotopic (exact) mass is 309 g/mol. The van der Waals surface area contributed by atoms with Gasteiger partial charge in [-0.05, 0) is 24.7 Å². The molecular weight excluding hydrogens is 290 g/mol. The first-order valence-electron chi connectivity index (χ1n) is 6.83. The highest BCUT2D eigenvalue weighted by Gasteiger charge is 2.11. The lowest BCUT2D eigenvalue weighted by Gasteiger charge is -2.07. The van der Waals surface area contributed by atoms with Gasteiger partial charge in [-0.3, -0.25) is 4.79 Å². The lowest BCUT2D eigenvalue weighted by Crippen LogP contribution is -2.30. The standard InChI is InChI=1S/C15H20ClN3O2/c1-17-8-11-9-19(10-15(20)18-5-6-21-2)14-7-12(16)3-4-13(11)14/h3-4,7,9,17H,5-6,8,10H2,1-2H3,(H,18,20). The zero-order valence-corrected chi connectivity index (χ0v) is 13.0. The number of benzene rings is 1. The van der Waals surface area contributed by atoms with Gasteiger partial charge >= 0.3 is 0 Å². The van der Waals surface area contributed by atoms with E-state index in [4.69, 9.17) is 16.3 Å². The predicted octanol–water partition coefficient (Wildman–Crippen LogP) is 1.78. The minimum atomic E-state index is -0.0417. The number of aromatic nitrogens is 1. The maximum atomic E-state index is 11.9. The molecule has 0 unspecified atom stereocenters. The highest BCUT2D eigenvalue weighted by molar-refractivity contribution is 6.31. The van der Waals surface area contributed by atoms with Gasteiger partial charge in [0.15, 0.2) is 0 Å². The third-order valence-electron chi connectivity index (χ3n) is 3.24. The molecule has 5 nitrogen and oxygen atoms in total. The molecule has 0 radical (unpaired) electrons. The predicted molar refractivity (Wildman–Crippen MR) is 84.6 cm³/mol. The number of hydrogen-bond donors (Lipinski definition) is 2. The number of halogens is 1. The van der Waals surface area contributed by atoms with Crippen molar-refractivity contribution in [1.29, 1.82) is 0 Å². The van der Waals surface area contributed by atoms with E-state index in [2.05, 4.69) is 10.6 Å². The van der Waals surface area contributed by atoms with Crippen LogP contribution in [0.3, 0.4) is 0 Å². The fraction of sp³-hybridized carbons (Fsp3) is 0.400. The summed E-state index contributed by atoms with van der Waals surface area (Å²) in [5.41, 5.74) is 2.11. The maximum absolute atomic E-state index is 11.9. The average molecular weight is 310 g/mol. The van der Waals surface area contributed by atoms with Gasteiger partial charge in [-0.25, -0.2) is 0 Å². The Hall–Kier alpha value is -1.56. The van der Waals surface area contributed by atoms with Crippen molar-refractivity contribution in [3.05, 3.63) is 35.0 Å². The summed E-state index contributed by atoms with van der Waals surface area (Å²) in [7, 11) is 3.51. The summed E-state index contributed by atoms with van der Waals surface area (Å²) in [6.45, 7) is 2.04. The van der Waals surface area contributed by atoms with E-state index < -0.39 is 0 Å². The first-order chi connectivity index (χ1) is 10.2. The second kappa shape index (κ2) is 7.45. The second-order valence-electron chi connectivity index (χ2n) is 4.82. The summed E-state index contributed by atoms with van der Waals surface area (Å²) in [5, 5.41) is 7.73. The number of hydrogen-bond acceptors (Lipinski definition) is 3. The van der Waals surface area contributed by atoms with Crippen molar-refractivity contribution in [3.8, 4) is 0 Å². The number of nitrogens with zero attached hydrogens (tertiary/aromatic N) is 1. The van der Waals surface area contributed by atoms with E-state index in [9.17, 15) is 4.79 Å². The van der Waals surface area contributed by atoms with Crippen molar-refractivity contribution >= 4 is 28.4 Å². The van der Waals surface area contributed by atoms with Gasteiger partial charge in [0.2, 0.25) is 5.91 Å². The van der Waals surface area contributed by atoms with Gasteiger partial charge in [-0.15, -0.1) is 0 Å².